The molecule has 2 amide bonds. The predicted octanol–water partition coefficient (Wildman–Crippen LogP) is 5.60. The maximum atomic E-state index is 13.8. The van der Waals surface area contributed by atoms with E-state index in [0.717, 1.165) is 19.4 Å². The maximum absolute atomic E-state index is 13.8. The Morgan fingerprint density at radius 2 is 1.87 bits per heavy atom. The first-order chi connectivity index (χ1) is 18.0. The summed E-state index contributed by atoms with van der Waals surface area (Å²) in [6, 6.07) is 14.9. The van der Waals surface area contributed by atoms with Gasteiger partial charge in [0.25, 0.3) is 5.91 Å². The van der Waals surface area contributed by atoms with E-state index in [9.17, 15) is 9.59 Å². The molecule has 0 spiro atoms. The van der Waals surface area contributed by atoms with Gasteiger partial charge in [-0.05, 0) is 70.8 Å². The highest BCUT2D eigenvalue weighted by Gasteiger charge is 2.33. The number of hydrogen-bond donors (Lipinski definition) is 2. The minimum absolute atomic E-state index is 0.0152. The van der Waals surface area contributed by atoms with Crippen LogP contribution in [-0.4, -0.2) is 72.5 Å². The van der Waals surface area contributed by atoms with Crippen LogP contribution in [0.1, 0.15) is 68.8 Å². The van der Waals surface area contributed by atoms with Crippen LogP contribution in [0, 0.1) is 0 Å². The van der Waals surface area contributed by atoms with Crippen molar-refractivity contribution in [2.75, 3.05) is 33.2 Å². The molecule has 8 heteroatoms. The average molecular weight is 562 g/mol. The van der Waals surface area contributed by atoms with E-state index < -0.39 is 0 Å². The van der Waals surface area contributed by atoms with Gasteiger partial charge in [0.1, 0.15) is 0 Å². The first kappa shape index (κ1) is 30.4. The summed E-state index contributed by atoms with van der Waals surface area (Å²) in [7, 11) is 2.09. The molecular weight excluding hydrogens is 519 g/mol. The van der Waals surface area contributed by atoms with Crippen LogP contribution in [0.25, 0.3) is 0 Å². The van der Waals surface area contributed by atoms with E-state index in [0.29, 0.717) is 41.7 Å². The Hall–Kier alpha value is -2.12. The summed E-state index contributed by atoms with van der Waals surface area (Å²) >= 11 is 12.1. The second kappa shape index (κ2) is 13.8. The number of carbonyl (C=O) groups excluding carboxylic acids is 2. The fraction of sp³-hybridized carbons (Fsp3) is 0.533. The molecule has 0 radical (unpaired) electrons. The lowest BCUT2D eigenvalue weighted by atomic mass is 9.95. The van der Waals surface area contributed by atoms with Gasteiger partial charge < -0.3 is 20.4 Å². The molecule has 38 heavy (non-hydrogen) atoms. The number of benzene rings is 2. The van der Waals surface area contributed by atoms with E-state index in [2.05, 4.69) is 74.5 Å². The van der Waals surface area contributed by atoms with Crippen molar-refractivity contribution in [3.8, 4) is 0 Å². The van der Waals surface area contributed by atoms with Crippen LogP contribution in [-0.2, 0) is 4.79 Å². The molecule has 0 aliphatic carbocycles. The molecule has 2 N–H and O–H groups in total. The molecule has 6 nitrogen and oxygen atoms in total. The van der Waals surface area contributed by atoms with Gasteiger partial charge in [0.15, 0.2) is 0 Å². The van der Waals surface area contributed by atoms with Crippen LogP contribution in [0.3, 0.4) is 0 Å². The van der Waals surface area contributed by atoms with Crippen LogP contribution < -0.4 is 10.6 Å². The third-order valence-corrected chi connectivity index (χ3v) is 8.33. The molecule has 3 rings (SSSR count). The zero-order valence-electron chi connectivity index (χ0n) is 23.3. The zero-order chi connectivity index (χ0) is 27.9. The number of rotatable bonds is 10. The van der Waals surface area contributed by atoms with Crippen molar-refractivity contribution < 1.29 is 9.59 Å². The molecule has 0 unspecified atom stereocenters. The molecule has 208 valence electrons. The fourth-order valence-corrected chi connectivity index (χ4v) is 5.00. The lowest BCUT2D eigenvalue weighted by molar-refractivity contribution is -0.133. The Labute approximate surface area is 238 Å². The predicted molar refractivity (Wildman–Crippen MR) is 157 cm³/mol. The number of halogens is 2. The summed E-state index contributed by atoms with van der Waals surface area (Å²) < 4.78 is 0. The first-order valence-corrected chi connectivity index (χ1v) is 14.3. The molecule has 2 aromatic carbocycles. The van der Waals surface area contributed by atoms with E-state index in [1.807, 2.05) is 11.0 Å². The highest BCUT2D eigenvalue weighted by Crippen LogP contribution is 2.24. The largest absolute Gasteiger partial charge is 0.350 e. The van der Waals surface area contributed by atoms with Gasteiger partial charge >= 0.3 is 0 Å². The SMILES string of the molecule is CC[C@H](CN1CC[C@@H](CNC(=O)c2ccc(Cl)c(Cl)c2)N[C@@H](CCN(C)C(C)(C)C)C1=O)c1ccccc1. The van der Waals surface area contributed by atoms with Gasteiger partial charge in [-0.15, -0.1) is 0 Å². The average Bonchev–Trinajstić information content (AvgIpc) is 3.04. The minimum Gasteiger partial charge on any atom is -0.350 e. The quantitative estimate of drug-likeness (QED) is 0.397. The Kier molecular flexibility index (Phi) is 11.0. The number of amides is 2. The first-order valence-electron chi connectivity index (χ1n) is 13.5. The summed E-state index contributed by atoms with van der Waals surface area (Å²) in [4.78, 5) is 30.9. The van der Waals surface area contributed by atoms with Crippen molar-refractivity contribution in [2.45, 2.75) is 70.5 Å². The highest BCUT2D eigenvalue weighted by molar-refractivity contribution is 6.42. The number of carbonyl (C=O) groups is 2. The van der Waals surface area contributed by atoms with Gasteiger partial charge in [0, 0.05) is 49.2 Å². The van der Waals surface area contributed by atoms with Crippen molar-refractivity contribution >= 4 is 35.0 Å². The molecule has 3 atom stereocenters. The molecular formula is C30H42Cl2N4O2. The highest BCUT2D eigenvalue weighted by atomic mass is 35.5. The maximum Gasteiger partial charge on any atom is 0.251 e. The molecule has 0 aromatic heterocycles. The molecule has 1 heterocycles. The number of nitrogens with one attached hydrogen (secondary N) is 2. The van der Waals surface area contributed by atoms with Gasteiger partial charge in [-0.1, -0.05) is 60.5 Å². The fourth-order valence-electron chi connectivity index (χ4n) is 4.71. The third kappa shape index (κ3) is 8.44. The Balaban J connectivity index is 1.72. The second-order valence-corrected chi connectivity index (χ2v) is 12.0. The summed E-state index contributed by atoms with van der Waals surface area (Å²) in [5.41, 5.74) is 1.73. The summed E-state index contributed by atoms with van der Waals surface area (Å²) in [5, 5.41) is 7.36. The van der Waals surface area contributed by atoms with E-state index in [1.165, 1.54) is 5.56 Å². The van der Waals surface area contributed by atoms with Gasteiger partial charge in [-0.2, -0.15) is 0 Å². The Morgan fingerprint density at radius 1 is 1.16 bits per heavy atom. The number of nitrogens with zero attached hydrogens (tertiary/aromatic N) is 2. The summed E-state index contributed by atoms with van der Waals surface area (Å²) in [6.07, 6.45) is 2.41. The van der Waals surface area contributed by atoms with E-state index in [1.54, 1.807) is 18.2 Å². The molecule has 2 aromatic rings. The molecule has 1 fully saturated rings. The van der Waals surface area contributed by atoms with Crippen LogP contribution in [0.4, 0.5) is 0 Å². The van der Waals surface area contributed by atoms with Gasteiger partial charge in [-0.3, -0.25) is 9.59 Å². The van der Waals surface area contributed by atoms with Crippen molar-refractivity contribution in [3.63, 3.8) is 0 Å². The van der Waals surface area contributed by atoms with Crippen molar-refractivity contribution in [2.24, 2.45) is 0 Å². The summed E-state index contributed by atoms with van der Waals surface area (Å²) in [5.74, 6) is 0.209. The normalized spacial score (nSPS) is 19.4. The van der Waals surface area contributed by atoms with E-state index in [4.69, 9.17) is 23.2 Å². The molecule has 1 aliphatic rings. The van der Waals surface area contributed by atoms with Crippen LogP contribution >= 0.6 is 23.2 Å². The molecule has 0 bridgehead atoms. The standard InChI is InChI=1S/C30H42Cl2N4O2/c1-6-21(22-10-8-7-9-11-22)20-36-17-14-24(19-33-28(37)23-12-13-25(31)26(32)18-23)34-27(29(36)38)15-16-35(5)30(2,3)4/h7-13,18,21,24,27,34H,6,14-17,19-20H2,1-5H3,(H,33,37)/t21-,24+,27+/m1/s1. The molecule has 1 aliphatic heterocycles. The summed E-state index contributed by atoms with van der Waals surface area (Å²) in [6.45, 7) is 11.2. The molecule has 1 saturated heterocycles. The lowest BCUT2D eigenvalue weighted by Gasteiger charge is -2.34. The van der Waals surface area contributed by atoms with Gasteiger partial charge in [0.2, 0.25) is 5.91 Å². The minimum atomic E-state index is -0.317. The van der Waals surface area contributed by atoms with E-state index in [-0.39, 0.29) is 35.4 Å². The van der Waals surface area contributed by atoms with Crippen LogP contribution in [0.2, 0.25) is 10.0 Å². The Bertz CT molecular complexity index is 1070. The van der Waals surface area contributed by atoms with E-state index >= 15 is 0 Å². The zero-order valence-corrected chi connectivity index (χ0v) is 24.8. The van der Waals surface area contributed by atoms with Crippen LogP contribution in [0.15, 0.2) is 48.5 Å². The topological polar surface area (TPSA) is 64.7 Å². The van der Waals surface area contributed by atoms with Crippen molar-refractivity contribution in [1.82, 2.24) is 20.4 Å². The third-order valence-electron chi connectivity index (χ3n) is 7.59. The smallest absolute Gasteiger partial charge is 0.251 e. The van der Waals surface area contributed by atoms with Crippen molar-refractivity contribution in [1.29, 1.82) is 0 Å². The second-order valence-electron chi connectivity index (χ2n) is 11.2. The molecule has 0 saturated carbocycles. The van der Waals surface area contributed by atoms with Crippen LogP contribution in [0.5, 0.6) is 0 Å². The van der Waals surface area contributed by atoms with Crippen molar-refractivity contribution in [3.05, 3.63) is 69.7 Å². The monoisotopic (exact) mass is 560 g/mol. The van der Waals surface area contributed by atoms with Gasteiger partial charge in [0.05, 0.1) is 16.1 Å². The number of hydrogen-bond acceptors (Lipinski definition) is 4. The Morgan fingerprint density at radius 3 is 2.50 bits per heavy atom. The lowest BCUT2D eigenvalue weighted by Crippen LogP contribution is -2.51. The van der Waals surface area contributed by atoms with Gasteiger partial charge in [-0.25, -0.2) is 0 Å².